The van der Waals surface area contributed by atoms with Crippen LogP contribution in [-0.4, -0.2) is 29.5 Å². The fraction of sp³-hybridized carbons (Fsp3) is 0.211. The Morgan fingerprint density at radius 1 is 1.21 bits per heavy atom. The first-order valence-corrected chi connectivity index (χ1v) is 8.01. The van der Waals surface area contributed by atoms with Crippen LogP contribution in [0.2, 0.25) is 5.02 Å². The van der Waals surface area contributed by atoms with Crippen molar-refractivity contribution in [2.75, 3.05) is 14.2 Å². The zero-order valence-corrected chi connectivity index (χ0v) is 14.7. The van der Waals surface area contributed by atoms with Gasteiger partial charge in [0, 0.05) is 36.6 Å². The number of carbonyl (C=O) groups excluding carboxylic acids is 1. The number of benzene rings is 2. The van der Waals surface area contributed by atoms with Crippen LogP contribution < -0.4 is 4.74 Å². The Bertz CT molecular complexity index is 884. The van der Waals surface area contributed by atoms with Crippen molar-refractivity contribution in [2.24, 2.45) is 7.05 Å². The van der Waals surface area contributed by atoms with Crippen LogP contribution in [0, 0.1) is 0 Å². The summed E-state index contributed by atoms with van der Waals surface area (Å²) in [6, 6.07) is 15.2. The lowest BCUT2D eigenvalue weighted by molar-refractivity contribution is 0.0776. The summed E-state index contributed by atoms with van der Waals surface area (Å²) in [5.41, 5.74) is 2.61. The maximum Gasteiger partial charge on any atom is 0.270 e. The van der Waals surface area contributed by atoms with Gasteiger partial charge in [0.15, 0.2) is 0 Å². The Morgan fingerprint density at radius 3 is 2.54 bits per heavy atom. The topological polar surface area (TPSA) is 34.5 Å². The molecule has 0 bridgehead atoms. The molecule has 0 aliphatic carbocycles. The van der Waals surface area contributed by atoms with Gasteiger partial charge < -0.3 is 14.2 Å². The van der Waals surface area contributed by atoms with E-state index in [-0.39, 0.29) is 5.91 Å². The van der Waals surface area contributed by atoms with Crippen molar-refractivity contribution < 1.29 is 9.53 Å². The van der Waals surface area contributed by atoms with E-state index in [2.05, 4.69) is 0 Å². The molecule has 0 atom stereocenters. The van der Waals surface area contributed by atoms with Crippen LogP contribution in [0.4, 0.5) is 0 Å². The van der Waals surface area contributed by atoms with Crippen LogP contribution in [0.5, 0.6) is 5.75 Å². The van der Waals surface area contributed by atoms with Gasteiger partial charge in [-0.15, -0.1) is 0 Å². The molecule has 3 aromatic rings. The number of rotatable bonds is 4. The van der Waals surface area contributed by atoms with Crippen molar-refractivity contribution in [1.82, 2.24) is 9.47 Å². The lowest BCUT2D eigenvalue weighted by Gasteiger charge is -2.18. The molecule has 0 spiro atoms. The van der Waals surface area contributed by atoms with Crippen LogP contribution in [-0.2, 0) is 13.6 Å². The minimum Gasteiger partial charge on any atom is -0.497 e. The van der Waals surface area contributed by atoms with Crippen LogP contribution >= 0.6 is 11.6 Å². The molecule has 24 heavy (non-hydrogen) atoms. The van der Waals surface area contributed by atoms with E-state index >= 15 is 0 Å². The Balaban J connectivity index is 1.85. The average Bonchev–Trinajstić information content (AvgIpc) is 2.93. The van der Waals surface area contributed by atoms with Gasteiger partial charge in [0.05, 0.1) is 7.11 Å². The predicted molar refractivity (Wildman–Crippen MR) is 96.7 cm³/mol. The van der Waals surface area contributed by atoms with Crippen molar-refractivity contribution in [1.29, 1.82) is 0 Å². The minimum absolute atomic E-state index is 0.0411. The molecule has 0 unspecified atom stereocenters. The largest absolute Gasteiger partial charge is 0.497 e. The van der Waals surface area contributed by atoms with Gasteiger partial charge in [-0.2, -0.15) is 0 Å². The fourth-order valence-corrected chi connectivity index (χ4v) is 3.03. The predicted octanol–water partition coefficient (Wildman–Crippen LogP) is 4.11. The van der Waals surface area contributed by atoms with Gasteiger partial charge in [-0.05, 0) is 35.9 Å². The maximum absolute atomic E-state index is 12.8. The molecule has 0 fully saturated rings. The summed E-state index contributed by atoms with van der Waals surface area (Å²) < 4.78 is 7.04. The van der Waals surface area contributed by atoms with E-state index in [0.29, 0.717) is 17.3 Å². The van der Waals surface area contributed by atoms with Crippen molar-refractivity contribution >= 4 is 28.4 Å². The molecule has 0 saturated heterocycles. The summed E-state index contributed by atoms with van der Waals surface area (Å²) in [6.07, 6.45) is 0. The summed E-state index contributed by atoms with van der Waals surface area (Å²) in [7, 11) is 5.31. The Hall–Kier alpha value is -2.46. The second kappa shape index (κ2) is 6.57. The Morgan fingerprint density at radius 2 is 1.92 bits per heavy atom. The third-order valence-corrected chi connectivity index (χ3v) is 4.51. The zero-order chi connectivity index (χ0) is 17.3. The van der Waals surface area contributed by atoms with Crippen LogP contribution in [0.15, 0.2) is 48.5 Å². The molecule has 2 aromatic carbocycles. The molecular weight excluding hydrogens is 324 g/mol. The fourth-order valence-electron chi connectivity index (χ4n) is 2.80. The normalized spacial score (nSPS) is 10.8. The molecule has 0 radical (unpaired) electrons. The SMILES string of the molecule is COc1ccc(CN(C)C(=O)c2cc3c(Cl)cccc3n2C)cc1. The third kappa shape index (κ3) is 2.97. The van der Waals surface area contributed by atoms with Gasteiger partial charge in [-0.25, -0.2) is 0 Å². The summed E-state index contributed by atoms with van der Waals surface area (Å²) in [5, 5.41) is 1.54. The highest BCUT2D eigenvalue weighted by atomic mass is 35.5. The number of hydrogen-bond donors (Lipinski definition) is 0. The quantitative estimate of drug-likeness (QED) is 0.715. The number of ether oxygens (including phenoxy) is 1. The van der Waals surface area contributed by atoms with E-state index in [1.807, 2.05) is 60.1 Å². The highest BCUT2D eigenvalue weighted by Gasteiger charge is 2.18. The molecule has 0 aliphatic rings. The van der Waals surface area contributed by atoms with E-state index in [0.717, 1.165) is 22.2 Å². The number of amides is 1. The Labute approximate surface area is 146 Å². The van der Waals surface area contributed by atoms with Crippen LogP contribution in [0.25, 0.3) is 10.9 Å². The molecule has 4 nitrogen and oxygen atoms in total. The first-order valence-electron chi connectivity index (χ1n) is 7.63. The second-order valence-corrected chi connectivity index (χ2v) is 6.18. The lowest BCUT2D eigenvalue weighted by Crippen LogP contribution is -2.27. The molecule has 5 heteroatoms. The molecule has 0 saturated carbocycles. The molecule has 0 aliphatic heterocycles. The van der Waals surface area contributed by atoms with Crippen LogP contribution in [0.1, 0.15) is 16.1 Å². The van der Waals surface area contributed by atoms with Gasteiger partial charge in [0.1, 0.15) is 11.4 Å². The summed E-state index contributed by atoms with van der Waals surface area (Å²) in [5.74, 6) is 0.761. The summed E-state index contributed by atoms with van der Waals surface area (Å²) in [6.45, 7) is 0.526. The first-order chi connectivity index (χ1) is 11.5. The van der Waals surface area contributed by atoms with Crippen molar-refractivity contribution in [3.8, 4) is 5.75 Å². The number of fused-ring (bicyclic) bond motifs is 1. The molecular formula is C19H19ClN2O2. The smallest absolute Gasteiger partial charge is 0.270 e. The van der Waals surface area contributed by atoms with E-state index in [9.17, 15) is 4.79 Å². The number of methoxy groups -OCH3 is 1. The standard InChI is InChI=1S/C19H19ClN2O2/c1-21(12-13-7-9-14(24-3)10-8-13)19(23)18-11-15-16(20)5-4-6-17(15)22(18)2/h4-11H,12H2,1-3H3. The molecule has 1 aromatic heterocycles. The molecule has 3 rings (SSSR count). The zero-order valence-electron chi connectivity index (χ0n) is 13.9. The number of carbonyl (C=O) groups is 1. The van der Waals surface area contributed by atoms with Gasteiger partial charge in [-0.1, -0.05) is 29.8 Å². The van der Waals surface area contributed by atoms with Gasteiger partial charge in [0.2, 0.25) is 0 Å². The highest BCUT2D eigenvalue weighted by Crippen LogP contribution is 2.27. The number of halogens is 1. The lowest BCUT2D eigenvalue weighted by atomic mass is 10.2. The second-order valence-electron chi connectivity index (χ2n) is 5.77. The number of aromatic nitrogens is 1. The third-order valence-electron chi connectivity index (χ3n) is 4.18. The Kier molecular flexibility index (Phi) is 4.49. The van der Waals surface area contributed by atoms with Gasteiger partial charge in [-0.3, -0.25) is 4.79 Å². The molecule has 1 amide bonds. The van der Waals surface area contributed by atoms with Gasteiger partial charge >= 0.3 is 0 Å². The van der Waals surface area contributed by atoms with E-state index < -0.39 is 0 Å². The monoisotopic (exact) mass is 342 g/mol. The van der Waals surface area contributed by atoms with Crippen molar-refractivity contribution in [3.63, 3.8) is 0 Å². The van der Waals surface area contributed by atoms with E-state index in [1.54, 1.807) is 19.1 Å². The minimum atomic E-state index is -0.0411. The maximum atomic E-state index is 12.8. The first kappa shape index (κ1) is 16.4. The molecule has 1 heterocycles. The number of nitrogens with zero attached hydrogens (tertiary/aromatic N) is 2. The van der Waals surface area contributed by atoms with Crippen molar-refractivity contribution in [2.45, 2.75) is 6.54 Å². The highest BCUT2D eigenvalue weighted by molar-refractivity contribution is 6.35. The number of aryl methyl sites for hydroxylation is 1. The van der Waals surface area contributed by atoms with Gasteiger partial charge in [0.25, 0.3) is 5.91 Å². The van der Waals surface area contributed by atoms with E-state index in [4.69, 9.17) is 16.3 Å². The summed E-state index contributed by atoms with van der Waals surface area (Å²) in [4.78, 5) is 14.5. The molecule has 124 valence electrons. The summed E-state index contributed by atoms with van der Waals surface area (Å²) >= 11 is 6.23. The van der Waals surface area contributed by atoms with Crippen LogP contribution in [0.3, 0.4) is 0 Å². The van der Waals surface area contributed by atoms with E-state index in [1.165, 1.54) is 0 Å². The number of hydrogen-bond acceptors (Lipinski definition) is 2. The average molecular weight is 343 g/mol. The van der Waals surface area contributed by atoms with Crippen molar-refractivity contribution in [3.05, 3.63) is 64.8 Å². The molecule has 0 N–H and O–H groups in total.